The van der Waals surface area contributed by atoms with Gasteiger partial charge in [0.25, 0.3) is 5.91 Å². The standard InChI is InChI=1S/C13H11ClN2O3S/c1-7-10(12(18)19-2)20-13(15-7)16-11(17)8-4-3-5-9(14)6-8/h3-6H,1-2H3,(H,15,16,17). The number of thiazole rings is 1. The van der Waals surface area contributed by atoms with E-state index in [1.807, 2.05) is 0 Å². The third kappa shape index (κ3) is 3.15. The van der Waals surface area contributed by atoms with Crippen LogP contribution < -0.4 is 5.32 Å². The fraction of sp³-hybridized carbons (Fsp3) is 0.154. The molecule has 1 amide bonds. The van der Waals surface area contributed by atoms with Crippen molar-refractivity contribution in [3.05, 3.63) is 45.4 Å². The Morgan fingerprint density at radius 2 is 2.15 bits per heavy atom. The van der Waals surface area contributed by atoms with E-state index in [1.165, 1.54) is 7.11 Å². The van der Waals surface area contributed by atoms with Crippen molar-refractivity contribution in [2.75, 3.05) is 12.4 Å². The smallest absolute Gasteiger partial charge is 0.350 e. The predicted octanol–water partition coefficient (Wildman–Crippen LogP) is 3.14. The van der Waals surface area contributed by atoms with E-state index >= 15 is 0 Å². The number of rotatable bonds is 3. The van der Waals surface area contributed by atoms with Gasteiger partial charge in [0.1, 0.15) is 4.88 Å². The summed E-state index contributed by atoms with van der Waals surface area (Å²) in [6, 6.07) is 6.56. The number of anilines is 1. The van der Waals surface area contributed by atoms with E-state index in [4.69, 9.17) is 11.6 Å². The average Bonchev–Trinajstić information content (AvgIpc) is 2.78. The van der Waals surface area contributed by atoms with Crippen molar-refractivity contribution >= 4 is 39.9 Å². The average molecular weight is 311 g/mol. The zero-order valence-corrected chi connectivity index (χ0v) is 12.3. The number of halogens is 1. The second kappa shape index (κ2) is 6.02. The van der Waals surface area contributed by atoms with E-state index in [1.54, 1.807) is 31.2 Å². The summed E-state index contributed by atoms with van der Waals surface area (Å²) >= 11 is 6.90. The summed E-state index contributed by atoms with van der Waals surface area (Å²) in [7, 11) is 1.30. The number of benzene rings is 1. The van der Waals surface area contributed by atoms with Gasteiger partial charge in [0.2, 0.25) is 0 Å². The molecule has 1 N–H and O–H groups in total. The summed E-state index contributed by atoms with van der Waals surface area (Å²) in [6.07, 6.45) is 0. The van der Waals surface area contributed by atoms with Crippen molar-refractivity contribution in [3.63, 3.8) is 0 Å². The Kier molecular flexibility index (Phi) is 4.36. The Hall–Kier alpha value is -1.92. The van der Waals surface area contributed by atoms with Gasteiger partial charge in [-0.3, -0.25) is 10.1 Å². The highest BCUT2D eigenvalue weighted by atomic mass is 35.5. The largest absolute Gasteiger partial charge is 0.465 e. The number of aromatic nitrogens is 1. The lowest BCUT2D eigenvalue weighted by molar-refractivity contribution is 0.0605. The SMILES string of the molecule is COC(=O)c1sc(NC(=O)c2cccc(Cl)c2)nc1C. The first-order valence-electron chi connectivity index (χ1n) is 5.64. The lowest BCUT2D eigenvalue weighted by Gasteiger charge is -2.01. The van der Waals surface area contributed by atoms with Crippen LogP contribution in [0.4, 0.5) is 5.13 Å². The number of nitrogens with one attached hydrogen (secondary N) is 1. The Morgan fingerprint density at radius 3 is 2.80 bits per heavy atom. The second-order valence-electron chi connectivity index (χ2n) is 3.89. The second-order valence-corrected chi connectivity index (χ2v) is 5.33. The highest BCUT2D eigenvalue weighted by molar-refractivity contribution is 7.17. The minimum atomic E-state index is -0.469. The molecule has 5 nitrogen and oxygen atoms in total. The summed E-state index contributed by atoms with van der Waals surface area (Å²) in [4.78, 5) is 28.0. The van der Waals surface area contributed by atoms with Crippen LogP contribution in [0.2, 0.25) is 5.02 Å². The molecule has 0 unspecified atom stereocenters. The van der Waals surface area contributed by atoms with Crippen LogP contribution in [0.1, 0.15) is 25.7 Å². The minimum absolute atomic E-state index is 0.335. The molecule has 2 rings (SSSR count). The molecule has 0 fully saturated rings. The van der Waals surface area contributed by atoms with Gasteiger partial charge in [-0.15, -0.1) is 0 Å². The first-order chi connectivity index (χ1) is 9.51. The van der Waals surface area contributed by atoms with Gasteiger partial charge in [-0.2, -0.15) is 0 Å². The molecule has 0 radical (unpaired) electrons. The Balaban J connectivity index is 2.18. The fourth-order valence-corrected chi connectivity index (χ4v) is 2.60. The lowest BCUT2D eigenvalue weighted by atomic mass is 10.2. The Morgan fingerprint density at radius 1 is 1.40 bits per heavy atom. The molecule has 0 atom stereocenters. The number of hydrogen-bond donors (Lipinski definition) is 1. The fourth-order valence-electron chi connectivity index (χ4n) is 1.53. The molecule has 20 heavy (non-hydrogen) atoms. The number of methoxy groups -OCH3 is 1. The highest BCUT2D eigenvalue weighted by Crippen LogP contribution is 2.24. The topological polar surface area (TPSA) is 68.3 Å². The van der Waals surface area contributed by atoms with Gasteiger partial charge < -0.3 is 4.74 Å². The van der Waals surface area contributed by atoms with Crippen molar-refractivity contribution in [1.29, 1.82) is 0 Å². The summed E-state index contributed by atoms with van der Waals surface area (Å²) < 4.78 is 4.64. The van der Waals surface area contributed by atoms with E-state index < -0.39 is 5.97 Å². The lowest BCUT2D eigenvalue weighted by Crippen LogP contribution is -2.11. The van der Waals surface area contributed by atoms with Crippen molar-refractivity contribution in [2.45, 2.75) is 6.92 Å². The van der Waals surface area contributed by atoms with Gasteiger partial charge in [-0.25, -0.2) is 9.78 Å². The first kappa shape index (κ1) is 14.5. The molecule has 0 bridgehead atoms. The number of esters is 1. The van der Waals surface area contributed by atoms with Crippen LogP contribution in [0.25, 0.3) is 0 Å². The number of carbonyl (C=O) groups is 2. The molecule has 1 aromatic carbocycles. The normalized spacial score (nSPS) is 10.2. The number of nitrogens with zero attached hydrogens (tertiary/aromatic N) is 1. The molecule has 0 saturated heterocycles. The van der Waals surface area contributed by atoms with Gasteiger partial charge >= 0.3 is 5.97 Å². The van der Waals surface area contributed by atoms with Gasteiger partial charge in [-0.05, 0) is 25.1 Å². The number of hydrogen-bond acceptors (Lipinski definition) is 5. The quantitative estimate of drug-likeness (QED) is 0.884. The third-order valence-corrected chi connectivity index (χ3v) is 3.76. The monoisotopic (exact) mass is 310 g/mol. The molecular weight excluding hydrogens is 300 g/mol. The van der Waals surface area contributed by atoms with Crippen LogP contribution in [0, 0.1) is 6.92 Å². The minimum Gasteiger partial charge on any atom is -0.465 e. The van der Waals surface area contributed by atoms with E-state index in [2.05, 4.69) is 15.0 Å². The molecule has 0 aliphatic carbocycles. The van der Waals surface area contributed by atoms with Crippen LogP contribution in [-0.4, -0.2) is 24.0 Å². The molecule has 2 aromatic rings. The Labute approximate surface area is 124 Å². The first-order valence-corrected chi connectivity index (χ1v) is 6.83. The number of amides is 1. The molecule has 7 heteroatoms. The molecule has 0 aliphatic heterocycles. The Bertz CT molecular complexity index is 669. The number of aryl methyl sites for hydroxylation is 1. The zero-order valence-electron chi connectivity index (χ0n) is 10.8. The van der Waals surface area contributed by atoms with Crippen molar-refractivity contribution in [1.82, 2.24) is 4.98 Å². The molecule has 0 saturated carbocycles. The summed E-state index contributed by atoms with van der Waals surface area (Å²) in [5.74, 6) is -0.805. The maximum absolute atomic E-state index is 12.0. The van der Waals surface area contributed by atoms with Crippen molar-refractivity contribution < 1.29 is 14.3 Å². The molecule has 1 aromatic heterocycles. The number of carbonyl (C=O) groups excluding carboxylic acids is 2. The van der Waals surface area contributed by atoms with E-state index in [9.17, 15) is 9.59 Å². The molecule has 1 heterocycles. The van der Waals surface area contributed by atoms with Gasteiger partial charge in [0.05, 0.1) is 12.8 Å². The maximum Gasteiger partial charge on any atom is 0.350 e. The van der Waals surface area contributed by atoms with Crippen LogP contribution in [0.5, 0.6) is 0 Å². The van der Waals surface area contributed by atoms with E-state index in [0.717, 1.165) is 11.3 Å². The van der Waals surface area contributed by atoms with Crippen LogP contribution >= 0.6 is 22.9 Å². The van der Waals surface area contributed by atoms with Crippen molar-refractivity contribution in [2.24, 2.45) is 0 Å². The molecule has 104 valence electrons. The summed E-state index contributed by atoms with van der Waals surface area (Å²) in [5.41, 5.74) is 0.938. The maximum atomic E-state index is 12.0. The van der Waals surface area contributed by atoms with Gasteiger partial charge in [0, 0.05) is 10.6 Å². The summed E-state index contributed by atoms with van der Waals surface area (Å²) in [6.45, 7) is 1.68. The molecule has 0 spiro atoms. The third-order valence-electron chi connectivity index (χ3n) is 2.47. The van der Waals surface area contributed by atoms with Crippen LogP contribution in [0.15, 0.2) is 24.3 Å². The van der Waals surface area contributed by atoms with Crippen molar-refractivity contribution in [3.8, 4) is 0 Å². The van der Waals surface area contributed by atoms with E-state index in [-0.39, 0.29) is 5.91 Å². The number of ether oxygens (including phenoxy) is 1. The predicted molar refractivity (Wildman–Crippen MR) is 77.6 cm³/mol. The van der Waals surface area contributed by atoms with Crippen LogP contribution in [0.3, 0.4) is 0 Å². The zero-order chi connectivity index (χ0) is 14.7. The highest BCUT2D eigenvalue weighted by Gasteiger charge is 2.17. The van der Waals surface area contributed by atoms with Crippen LogP contribution in [-0.2, 0) is 4.74 Å². The van der Waals surface area contributed by atoms with Gasteiger partial charge in [-0.1, -0.05) is 29.0 Å². The van der Waals surface area contributed by atoms with E-state index in [0.29, 0.717) is 26.3 Å². The van der Waals surface area contributed by atoms with Gasteiger partial charge in [0.15, 0.2) is 5.13 Å². The molecular formula is C13H11ClN2O3S. The summed E-state index contributed by atoms with van der Waals surface area (Å²) in [5, 5.41) is 3.44. The molecule has 0 aliphatic rings.